The molecule has 3 amide bonds. The molecule has 31 heavy (non-hydrogen) atoms. The van der Waals surface area contributed by atoms with Crippen molar-refractivity contribution >= 4 is 18.1 Å². The van der Waals surface area contributed by atoms with Crippen molar-refractivity contribution in [2.24, 2.45) is 0 Å². The molecule has 0 radical (unpaired) electrons. The van der Waals surface area contributed by atoms with Gasteiger partial charge in [0.2, 0.25) is 0 Å². The normalized spacial score (nSPS) is 22.4. The first-order valence-electron chi connectivity index (χ1n) is 10.1. The number of alkyl halides is 2. The van der Waals surface area contributed by atoms with Crippen molar-refractivity contribution in [1.82, 2.24) is 9.80 Å². The van der Waals surface area contributed by atoms with E-state index in [-0.39, 0.29) is 19.6 Å². The standard InChI is InChI=1S/C22H26F2N2O5/c1-21(2,3)31-19(28)25-10-9-16(22(23,24)14-25)12-18(27)26-17(13-30-20(26)29)11-15-7-5-4-6-8-15/h4-8,12,17H,9-11,13-14H2,1-3H3/b16-12+/t17-/m1/s1. The Morgan fingerprint density at radius 3 is 2.55 bits per heavy atom. The predicted molar refractivity (Wildman–Crippen MR) is 108 cm³/mol. The number of likely N-dealkylation sites (tertiary alicyclic amines) is 1. The fourth-order valence-corrected chi connectivity index (χ4v) is 3.50. The first-order chi connectivity index (χ1) is 14.5. The van der Waals surface area contributed by atoms with Crippen molar-refractivity contribution in [3.05, 3.63) is 47.5 Å². The third-order valence-corrected chi connectivity index (χ3v) is 4.97. The summed E-state index contributed by atoms with van der Waals surface area (Å²) in [6.07, 6.45) is -0.716. The van der Waals surface area contributed by atoms with Gasteiger partial charge in [0.1, 0.15) is 12.2 Å². The summed E-state index contributed by atoms with van der Waals surface area (Å²) in [6.45, 7) is 4.06. The lowest BCUT2D eigenvalue weighted by Crippen LogP contribution is -2.49. The van der Waals surface area contributed by atoms with Gasteiger partial charge in [0, 0.05) is 18.2 Å². The van der Waals surface area contributed by atoms with E-state index in [9.17, 15) is 23.2 Å². The van der Waals surface area contributed by atoms with Crippen LogP contribution in [0, 0.1) is 0 Å². The van der Waals surface area contributed by atoms with Gasteiger partial charge in [0.05, 0.1) is 12.6 Å². The number of benzene rings is 1. The Morgan fingerprint density at radius 1 is 1.26 bits per heavy atom. The summed E-state index contributed by atoms with van der Waals surface area (Å²) < 4.78 is 39.5. The van der Waals surface area contributed by atoms with Gasteiger partial charge in [0.25, 0.3) is 11.8 Å². The van der Waals surface area contributed by atoms with Gasteiger partial charge in [-0.15, -0.1) is 0 Å². The first-order valence-corrected chi connectivity index (χ1v) is 10.1. The van der Waals surface area contributed by atoms with Crippen LogP contribution in [0.1, 0.15) is 32.8 Å². The summed E-state index contributed by atoms with van der Waals surface area (Å²) in [7, 11) is 0. The molecule has 1 atom stereocenters. The molecule has 3 rings (SSSR count). The van der Waals surface area contributed by atoms with Crippen LogP contribution in [-0.4, -0.2) is 65.2 Å². The molecule has 0 unspecified atom stereocenters. The molecule has 0 aromatic heterocycles. The molecule has 168 valence electrons. The molecule has 0 bridgehead atoms. The number of hydrogen-bond acceptors (Lipinski definition) is 5. The van der Waals surface area contributed by atoms with E-state index in [0.717, 1.165) is 21.4 Å². The average Bonchev–Trinajstić information content (AvgIpc) is 3.02. The fourth-order valence-electron chi connectivity index (χ4n) is 3.50. The third-order valence-electron chi connectivity index (χ3n) is 4.97. The largest absolute Gasteiger partial charge is 0.447 e. The number of carbonyl (C=O) groups is 3. The number of halogens is 2. The summed E-state index contributed by atoms with van der Waals surface area (Å²) in [5.74, 6) is -4.26. The first kappa shape index (κ1) is 22.7. The molecule has 0 spiro atoms. The van der Waals surface area contributed by atoms with Crippen LogP contribution in [0.15, 0.2) is 42.0 Å². The molecule has 1 aromatic carbocycles. The zero-order valence-electron chi connectivity index (χ0n) is 17.8. The lowest BCUT2D eigenvalue weighted by molar-refractivity contribution is -0.124. The summed E-state index contributed by atoms with van der Waals surface area (Å²) in [4.78, 5) is 38.7. The summed E-state index contributed by atoms with van der Waals surface area (Å²) in [5, 5.41) is 0. The van der Waals surface area contributed by atoms with E-state index in [1.165, 1.54) is 0 Å². The van der Waals surface area contributed by atoms with Crippen LogP contribution < -0.4 is 0 Å². The number of ether oxygens (including phenoxy) is 2. The Labute approximate surface area is 179 Å². The minimum Gasteiger partial charge on any atom is -0.447 e. The molecule has 2 aliphatic rings. The van der Waals surface area contributed by atoms with Gasteiger partial charge in [-0.1, -0.05) is 30.3 Å². The predicted octanol–water partition coefficient (Wildman–Crippen LogP) is 3.78. The van der Waals surface area contributed by atoms with Crippen molar-refractivity contribution < 1.29 is 32.6 Å². The Hall–Kier alpha value is -2.97. The summed E-state index contributed by atoms with van der Waals surface area (Å²) >= 11 is 0. The zero-order chi connectivity index (χ0) is 22.8. The highest BCUT2D eigenvalue weighted by molar-refractivity contribution is 6.00. The SMILES string of the molecule is CC(C)(C)OC(=O)N1CC/C(=C\C(=O)N2C(=O)OC[C@H]2Cc2ccccc2)C(F)(F)C1. The lowest BCUT2D eigenvalue weighted by atomic mass is 9.99. The highest BCUT2D eigenvalue weighted by Crippen LogP contribution is 2.33. The minimum absolute atomic E-state index is 0.00541. The molecule has 2 heterocycles. The molecule has 0 saturated carbocycles. The third kappa shape index (κ3) is 5.59. The number of imide groups is 1. The molecule has 0 aliphatic carbocycles. The molecular weight excluding hydrogens is 410 g/mol. The Balaban J connectivity index is 1.71. The van der Waals surface area contributed by atoms with Crippen LogP contribution in [0.3, 0.4) is 0 Å². The van der Waals surface area contributed by atoms with Gasteiger partial charge in [-0.3, -0.25) is 4.79 Å². The molecule has 0 N–H and O–H groups in total. The number of hydrogen-bond donors (Lipinski definition) is 0. The maximum Gasteiger partial charge on any atom is 0.417 e. The molecule has 2 fully saturated rings. The van der Waals surface area contributed by atoms with Gasteiger partial charge in [-0.25, -0.2) is 14.5 Å². The van der Waals surface area contributed by atoms with E-state index in [0.29, 0.717) is 6.42 Å². The van der Waals surface area contributed by atoms with Gasteiger partial charge >= 0.3 is 12.2 Å². The number of rotatable bonds is 3. The molecule has 1 aromatic rings. The van der Waals surface area contributed by atoms with Crippen LogP contribution in [0.2, 0.25) is 0 Å². The average molecular weight is 436 g/mol. The molecule has 2 aliphatic heterocycles. The van der Waals surface area contributed by atoms with Crippen molar-refractivity contribution in [2.45, 2.75) is 51.2 Å². The lowest BCUT2D eigenvalue weighted by Gasteiger charge is -2.35. The van der Waals surface area contributed by atoms with E-state index >= 15 is 0 Å². The topological polar surface area (TPSA) is 76.2 Å². The maximum absolute atomic E-state index is 14.7. The molecular formula is C22H26F2N2O5. The number of cyclic esters (lactones) is 1. The van der Waals surface area contributed by atoms with Crippen molar-refractivity contribution in [3.8, 4) is 0 Å². The zero-order valence-corrected chi connectivity index (χ0v) is 17.8. The molecule has 9 heteroatoms. The summed E-state index contributed by atoms with van der Waals surface area (Å²) in [6, 6.07) is 8.64. The number of carbonyl (C=O) groups excluding carboxylic acids is 3. The van der Waals surface area contributed by atoms with E-state index in [1.807, 2.05) is 30.3 Å². The van der Waals surface area contributed by atoms with Crippen LogP contribution in [-0.2, 0) is 20.7 Å². The number of piperidine rings is 1. The Kier molecular flexibility index (Phi) is 6.33. The van der Waals surface area contributed by atoms with E-state index in [4.69, 9.17) is 9.47 Å². The second kappa shape index (κ2) is 8.64. The van der Waals surface area contributed by atoms with Crippen LogP contribution >= 0.6 is 0 Å². The number of nitrogens with zero attached hydrogens (tertiary/aromatic N) is 2. The van der Waals surface area contributed by atoms with Crippen LogP contribution in [0.25, 0.3) is 0 Å². The second-order valence-electron chi connectivity index (χ2n) is 8.65. The van der Waals surface area contributed by atoms with Gasteiger partial charge in [-0.2, -0.15) is 8.78 Å². The van der Waals surface area contributed by atoms with Crippen LogP contribution in [0.4, 0.5) is 18.4 Å². The maximum atomic E-state index is 14.7. The highest BCUT2D eigenvalue weighted by Gasteiger charge is 2.44. The quantitative estimate of drug-likeness (QED) is 0.674. The van der Waals surface area contributed by atoms with Crippen molar-refractivity contribution in [1.29, 1.82) is 0 Å². The smallest absolute Gasteiger partial charge is 0.417 e. The monoisotopic (exact) mass is 436 g/mol. The van der Waals surface area contributed by atoms with E-state index in [2.05, 4.69) is 0 Å². The molecule has 2 saturated heterocycles. The summed E-state index contributed by atoms with van der Waals surface area (Å²) in [5.41, 5.74) is -0.328. The van der Waals surface area contributed by atoms with Crippen LogP contribution in [0.5, 0.6) is 0 Å². The highest BCUT2D eigenvalue weighted by atomic mass is 19.3. The van der Waals surface area contributed by atoms with Crippen molar-refractivity contribution in [3.63, 3.8) is 0 Å². The van der Waals surface area contributed by atoms with Gasteiger partial charge in [0.15, 0.2) is 0 Å². The second-order valence-corrected chi connectivity index (χ2v) is 8.65. The Bertz CT molecular complexity index is 880. The van der Waals surface area contributed by atoms with E-state index in [1.54, 1.807) is 20.8 Å². The fraction of sp³-hybridized carbons (Fsp3) is 0.500. The Morgan fingerprint density at radius 2 is 1.94 bits per heavy atom. The molecule has 7 nitrogen and oxygen atoms in total. The van der Waals surface area contributed by atoms with Crippen molar-refractivity contribution in [2.75, 3.05) is 19.7 Å². The van der Waals surface area contributed by atoms with Gasteiger partial charge < -0.3 is 14.4 Å². The van der Waals surface area contributed by atoms with Gasteiger partial charge in [-0.05, 0) is 39.2 Å². The number of amides is 3. The minimum atomic E-state index is -3.41. The van der Waals surface area contributed by atoms with E-state index < -0.39 is 47.8 Å².